The van der Waals surface area contributed by atoms with Crippen molar-refractivity contribution in [3.05, 3.63) is 94.5 Å². The molecule has 2 bridgehead atoms. The van der Waals surface area contributed by atoms with E-state index in [0.29, 0.717) is 17.8 Å². The molecule has 3 atom stereocenters. The van der Waals surface area contributed by atoms with Crippen LogP contribution in [-0.2, 0) is 17.5 Å². The molecule has 216 valence electrons. The number of rotatable bonds is 9. The van der Waals surface area contributed by atoms with Crippen LogP contribution in [0.25, 0.3) is 0 Å². The molecule has 3 aromatic carbocycles. The second-order valence-electron chi connectivity index (χ2n) is 10.7. The molecule has 3 aromatic rings. The van der Waals surface area contributed by atoms with Crippen LogP contribution in [0.15, 0.2) is 72.8 Å². The van der Waals surface area contributed by atoms with Gasteiger partial charge in [0.1, 0.15) is 0 Å². The molecule has 2 aliphatic heterocycles. The fourth-order valence-electron chi connectivity index (χ4n) is 5.85. The Morgan fingerprint density at radius 3 is 2.34 bits per heavy atom. The molecule has 0 radical (unpaired) electrons. The number of nitrogens with one attached hydrogen (secondary N) is 3. The second kappa shape index (κ2) is 12.5. The SMILES string of the molecule is O=C(CCNC(=O)c1ccccc1Nc1cccc(C(F)(F)F)c1)N[C@@H]1C[C@H]2CC[C@@H](C1)N2Cc1ccc(Cl)cc1. The van der Waals surface area contributed by atoms with Crippen molar-refractivity contribution in [1.29, 1.82) is 0 Å². The topological polar surface area (TPSA) is 73.5 Å². The number of para-hydroxylation sites is 1. The molecule has 41 heavy (non-hydrogen) atoms. The minimum atomic E-state index is -4.47. The van der Waals surface area contributed by atoms with Crippen molar-refractivity contribution in [2.24, 2.45) is 0 Å². The number of halogens is 4. The third-order valence-electron chi connectivity index (χ3n) is 7.81. The van der Waals surface area contributed by atoms with Crippen molar-refractivity contribution in [1.82, 2.24) is 15.5 Å². The predicted octanol–water partition coefficient (Wildman–Crippen LogP) is 6.53. The van der Waals surface area contributed by atoms with E-state index in [1.54, 1.807) is 24.3 Å². The zero-order valence-electron chi connectivity index (χ0n) is 22.4. The van der Waals surface area contributed by atoms with Crippen LogP contribution in [0.3, 0.4) is 0 Å². The number of amides is 2. The lowest BCUT2D eigenvalue weighted by Crippen LogP contribution is -2.50. The second-order valence-corrected chi connectivity index (χ2v) is 11.1. The van der Waals surface area contributed by atoms with Gasteiger partial charge in [-0.2, -0.15) is 13.2 Å². The predicted molar refractivity (Wildman–Crippen MR) is 153 cm³/mol. The zero-order chi connectivity index (χ0) is 29.0. The first kappa shape index (κ1) is 29.0. The van der Waals surface area contributed by atoms with Crippen molar-refractivity contribution < 1.29 is 22.8 Å². The lowest BCUT2D eigenvalue weighted by molar-refractivity contribution is -0.137. The van der Waals surface area contributed by atoms with Gasteiger partial charge in [-0.1, -0.05) is 41.9 Å². The molecule has 2 fully saturated rings. The highest BCUT2D eigenvalue weighted by Crippen LogP contribution is 2.37. The highest BCUT2D eigenvalue weighted by Gasteiger charge is 2.40. The van der Waals surface area contributed by atoms with Gasteiger partial charge in [0.05, 0.1) is 16.8 Å². The number of anilines is 2. The molecule has 5 rings (SSSR count). The van der Waals surface area contributed by atoms with Crippen molar-refractivity contribution in [3.8, 4) is 0 Å². The minimum Gasteiger partial charge on any atom is -0.355 e. The summed E-state index contributed by atoms with van der Waals surface area (Å²) in [4.78, 5) is 28.1. The Kier molecular flexibility index (Phi) is 8.85. The molecular weight excluding hydrogens is 553 g/mol. The number of hydrogen-bond donors (Lipinski definition) is 3. The summed E-state index contributed by atoms with van der Waals surface area (Å²) in [6.07, 6.45) is -0.296. The average molecular weight is 585 g/mol. The molecule has 2 amide bonds. The molecular formula is C31H32ClF3N4O2. The molecule has 0 aromatic heterocycles. The fraction of sp³-hybridized carbons (Fsp3) is 0.355. The Balaban J connectivity index is 1.10. The first-order chi connectivity index (χ1) is 19.7. The van der Waals surface area contributed by atoms with Crippen molar-refractivity contribution in [3.63, 3.8) is 0 Å². The fourth-order valence-corrected chi connectivity index (χ4v) is 5.98. The standard InChI is InChI=1S/C31H32ClF3N4O2/c32-22-10-8-20(9-11-22)19-39-25-12-13-26(39)18-24(17-25)38-29(40)14-15-36-30(41)27-6-1-2-7-28(27)37-23-5-3-4-21(16-23)31(33,34)35/h1-11,16,24-26,37H,12-15,17-19H2,(H,36,41)(H,38,40)/t24-,25-,26+. The number of alkyl halides is 3. The largest absolute Gasteiger partial charge is 0.416 e. The van der Waals surface area contributed by atoms with E-state index in [2.05, 4.69) is 33.0 Å². The molecule has 3 N–H and O–H groups in total. The summed E-state index contributed by atoms with van der Waals surface area (Å²) >= 11 is 6.02. The van der Waals surface area contributed by atoms with Crippen LogP contribution < -0.4 is 16.0 Å². The molecule has 0 spiro atoms. The Bertz CT molecular complexity index is 1370. The summed E-state index contributed by atoms with van der Waals surface area (Å²) in [6, 6.07) is 20.3. The third kappa shape index (κ3) is 7.40. The van der Waals surface area contributed by atoms with Gasteiger partial charge in [-0.3, -0.25) is 14.5 Å². The van der Waals surface area contributed by atoms with E-state index in [0.717, 1.165) is 49.4 Å². The van der Waals surface area contributed by atoms with Gasteiger partial charge in [-0.05, 0) is 73.7 Å². The summed E-state index contributed by atoms with van der Waals surface area (Å²) in [5, 5.41) is 9.54. The van der Waals surface area contributed by atoms with E-state index >= 15 is 0 Å². The number of carbonyl (C=O) groups excluding carboxylic acids is 2. The maximum absolute atomic E-state index is 13.1. The number of fused-ring (bicyclic) bond motifs is 2. The van der Waals surface area contributed by atoms with Crippen LogP contribution in [0.1, 0.15) is 53.6 Å². The molecule has 10 heteroatoms. The molecule has 6 nitrogen and oxygen atoms in total. The van der Waals surface area contributed by atoms with E-state index in [4.69, 9.17) is 11.6 Å². The molecule has 2 saturated heterocycles. The Hall–Kier alpha value is -3.56. The van der Waals surface area contributed by atoms with Gasteiger partial charge in [0.2, 0.25) is 5.91 Å². The van der Waals surface area contributed by atoms with Gasteiger partial charge >= 0.3 is 6.18 Å². The first-order valence-corrected chi connectivity index (χ1v) is 14.1. The Labute approximate surface area is 242 Å². The van der Waals surface area contributed by atoms with Crippen LogP contribution in [-0.4, -0.2) is 41.4 Å². The molecule has 2 aliphatic rings. The van der Waals surface area contributed by atoms with Gasteiger partial charge < -0.3 is 16.0 Å². The first-order valence-electron chi connectivity index (χ1n) is 13.8. The molecule has 0 aliphatic carbocycles. The van der Waals surface area contributed by atoms with Gasteiger partial charge in [-0.15, -0.1) is 0 Å². The third-order valence-corrected chi connectivity index (χ3v) is 8.06. The number of benzene rings is 3. The zero-order valence-corrected chi connectivity index (χ0v) is 23.1. The van der Waals surface area contributed by atoms with E-state index < -0.39 is 17.6 Å². The van der Waals surface area contributed by atoms with E-state index in [1.165, 1.54) is 17.7 Å². The minimum absolute atomic E-state index is 0.106. The maximum atomic E-state index is 13.1. The number of nitrogens with zero attached hydrogens (tertiary/aromatic N) is 1. The van der Waals surface area contributed by atoms with E-state index in [1.807, 2.05) is 12.1 Å². The summed E-state index contributed by atoms with van der Waals surface area (Å²) in [6.45, 7) is 1.02. The molecule has 0 unspecified atom stereocenters. The van der Waals surface area contributed by atoms with Crippen LogP contribution in [0.4, 0.5) is 24.5 Å². The summed E-state index contributed by atoms with van der Waals surface area (Å²) in [5.41, 5.74) is 1.31. The van der Waals surface area contributed by atoms with Gasteiger partial charge in [0, 0.05) is 48.3 Å². The van der Waals surface area contributed by atoms with Crippen LogP contribution in [0.5, 0.6) is 0 Å². The van der Waals surface area contributed by atoms with E-state index in [9.17, 15) is 22.8 Å². The number of piperidine rings is 1. The quantitative estimate of drug-likeness (QED) is 0.267. The lowest BCUT2D eigenvalue weighted by Gasteiger charge is -2.39. The Morgan fingerprint density at radius 2 is 1.63 bits per heavy atom. The smallest absolute Gasteiger partial charge is 0.355 e. The van der Waals surface area contributed by atoms with Gasteiger partial charge in [-0.25, -0.2) is 0 Å². The summed E-state index contributed by atoms with van der Waals surface area (Å²) in [5.74, 6) is -0.530. The molecule has 0 saturated carbocycles. The average Bonchev–Trinajstić information content (AvgIpc) is 3.16. The van der Waals surface area contributed by atoms with Crippen molar-refractivity contribution in [2.75, 3.05) is 11.9 Å². The lowest BCUT2D eigenvalue weighted by atomic mass is 9.96. The van der Waals surface area contributed by atoms with Gasteiger partial charge in [0.25, 0.3) is 5.91 Å². The van der Waals surface area contributed by atoms with Crippen LogP contribution in [0.2, 0.25) is 5.02 Å². The van der Waals surface area contributed by atoms with Crippen molar-refractivity contribution >= 4 is 34.8 Å². The summed E-state index contributed by atoms with van der Waals surface area (Å²) in [7, 11) is 0. The van der Waals surface area contributed by atoms with Crippen molar-refractivity contribution in [2.45, 2.75) is 63.0 Å². The highest BCUT2D eigenvalue weighted by molar-refractivity contribution is 6.30. The highest BCUT2D eigenvalue weighted by atomic mass is 35.5. The maximum Gasteiger partial charge on any atom is 0.416 e. The summed E-state index contributed by atoms with van der Waals surface area (Å²) < 4.78 is 39.3. The normalized spacial score (nSPS) is 20.4. The number of hydrogen-bond acceptors (Lipinski definition) is 4. The molecule has 2 heterocycles. The number of carbonyl (C=O) groups is 2. The Morgan fingerprint density at radius 1 is 0.927 bits per heavy atom. The van der Waals surface area contributed by atoms with Gasteiger partial charge in [0.15, 0.2) is 0 Å². The van der Waals surface area contributed by atoms with E-state index in [-0.39, 0.29) is 36.2 Å². The monoisotopic (exact) mass is 584 g/mol. The van der Waals surface area contributed by atoms with Crippen LogP contribution >= 0.6 is 11.6 Å². The van der Waals surface area contributed by atoms with Crippen LogP contribution in [0, 0.1) is 0 Å².